The van der Waals surface area contributed by atoms with Crippen LogP contribution in [0.15, 0.2) is 48.5 Å². The highest BCUT2D eigenvalue weighted by Gasteiger charge is 2.17. The number of rotatable bonds is 0. The first kappa shape index (κ1) is 7.68. The van der Waals surface area contributed by atoms with Gasteiger partial charge in [0.25, 0.3) is 0 Å². The molecule has 0 aliphatic carbocycles. The van der Waals surface area contributed by atoms with Gasteiger partial charge in [0, 0.05) is 18.2 Å². The summed E-state index contributed by atoms with van der Waals surface area (Å²) >= 11 is 0. The van der Waals surface area contributed by atoms with E-state index in [1.54, 1.807) is 0 Å². The molecule has 0 amide bonds. The molecule has 0 saturated carbocycles. The molecule has 0 radical (unpaired) electrons. The first-order chi connectivity index (χ1) is 6.93. The molecule has 70 valence electrons. The lowest BCUT2D eigenvalue weighted by atomic mass is 10.2. The van der Waals surface area contributed by atoms with Crippen molar-refractivity contribution in [1.29, 1.82) is 0 Å². The van der Waals surface area contributed by atoms with Crippen molar-refractivity contribution < 1.29 is 4.74 Å². The Balaban J connectivity index is 2.03. The molecule has 0 aromatic heterocycles. The van der Waals surface area contributed by atoms with Gasteiger partial charge in [0.1, 0.15) is 12.0 Å². The third kappa shape index (κ3) is 1.11. The van der Waals surface area contributed by atoms with E-state index < -0.39 is 0 Å². The minimum Gasteiger partial charge on any atom is -0.463 e. The SMILES string of the molecule is C1=CN2Cc3ccccc3OC=C2C1. The van der Waals surface area contributed by atoms with Gasteiger partial charge in [-0.25, -0.2) is 0 Å². The molecular formula is C12H11NO. The molecule has 0 saturated heterocycles. The molecule has 1 aromatic rings. The molecule has 0 spiro atoms. The molecular weight excluding hydrogens is 174 g/mol. The predicted molar refractivity (Wildman–Crippen MR) is 54.5 cm³/mol. The van der Waals surface area contributed by atoms with Crippen LogP contribution in [0.4, 0.5) is 0 Å². The normalized spacial score (nSPS) is 18.0. The van der Waals surface area contributed by atoms with E-state index in [4.69, 9.17) is 4.74 Å². The van der Waals surface area contributed by atoms with Crippen molar-refractivity contribution >= 4 is 0 Å². The lowest BCUT2D eigenvalue weighted by Crippen LogP contribution is -2.10. The van der Waals surface area contributed by atoms with E-state index in [1.807, 2.05) is 24.5 Å². The van der Waals surface area contributed by atoms with Crippen LogP contribution in [-0.4, -0.2) is 4.90 Å². The van der Waals surface area contributed by atoms with E-state index in [-0.39, 0.29) is 0 Å². The number of fused-ring (bicyclic) bond motifs is 2. The predicted octanol–water partition coefficient (Wildman–Crippen LogP) is 2.64. The number of nitrogens with zero attached hydrogens (tertiary/aromatic N) is 1. The molecule has 1 aromatic carbocycles. The zero-order valence-corrected chi connectivity index (χ0v) is 7.81. The topological polar surface area (TPSA) is 12.5 Å². The highest BCUT2D eigenvalue weighted by molar-refractivity contribution is 5.36. The van der Waals surface area contributed by atoms with Gasteiger partial charge in [-0.05, 0) is 6.07 Å². The van der Waals surface area contributed by atoms with Gasteiger partial charge in [-0.2, -0.15) is 0 Å². The smallest absolute Gasteiger partial charge is 0.131 e. The maximum absolute atomic E-state index is 5.62. The number of allylic oxidation sites excluding steroid dienone is 1. The Labute approximate surface area is 83.1 Å². The van der Waals surface area contributed by atoms with Crippen LogP contribution in [0.3, 0.4) is 0 Å². The van der Waals surface area contributed by atoms with Crippen molar-refractivity contribution in [1.82, 2.24) is 4.90 Å². The summed E-state index contributed by atoms with van der Waals surface area (Å²) in [7, 11) is 0. The van der Waals surface area contributed by atoms with E-state index >= 15 is 0 Å². The van der Waals surface area contributed by atoms with Crippen LogP contribution < -0.4 is 4.74 Å². The third-order valence-electron chi connectivity index (χ3n) is 2.62. The monoisotopic (exact) mass is 185 g/mol. The van der Waals surface area contributed by atoms with Crippen LogP contribution >= 0.6 is 0 Å². The third-order valence-corrected chi connectivity index (χ3v) is 2.62. The molecule has 2 heterocycles. The van der Waals surface area contributed by atoms with E-state index in [9.17, 15) is 0 Å². The Hall–Kier alpha value is -1.70. The first-order valence-corrected chi connectivity index (χ1v) is 4.80. The number of ether oxygens (including phenoxy) is 1. The molecule has 0 N–H and O–H groups in total. The quantitative estimate of drug-likeness (QED) is 0.616. The van der Waals surface area contributed by atoms with Crippen LogP contribution in [-0.2, 0) is 6.54 Å². The van der Waals surface area contributed by atoms with Crippen LogP contribution in [0.1, 0.15) is 12.0 Å². The molecule has 0 atom stereocenters. The van der Waals surface area contributed by atoms with Crippen molar-refractivity contribution in [2.45, 2.75) is 13.0 Å². The Morgan fingerprint density at radius 3 is 3.14 bits per heavy atom. The summed E-state index contributed by atoms with van der Waals surface area (Å²) in [5.74, 6) is 0.975. The Bertz CT molecular complexity index is 420. The highest BCUT2D eigenvalue weighted by Crippen LogP contribution is 2.29. The van der Waals surface area contributed by atoms with Crippen LogP contribution in [0, 0.1) is 0 Å². The molecule has 2 aliphatic rings. The van der Waals surface area contributed by atoms with Crippen molar-refractivity contribution in [3.05, 3.63) is 54.1 Å². The van der Waals surface area contributed by atoms with Gasteiger partial charge in [0.2, 0.25) is 0 Å². The minimum absolute atomic E-state index is 0.915. The van der Waals surface area contributed by atoms with Crippen LogP contribution in [0.2, 0.25) is 0 Å². The Morgan fingerprint density at radius 2 is 2.14 bits per heavy atom. The van der Waals surface area contributed by atoms with Crippen LogP contribution in [0.25, 0.3) is 0 Å². The van der Waals surface area contributed by atoms with Crippen molar-refractivity contribution in [3.8, 4) is 5.75 Å². The maximum atomic E-state index is 5.62. The molecule has 0 unspecified atom stereocenters. The van der Waals surface area contributed by atoms with Crippen LogP contribution in [0.5, 0.6) is 5.75 Å². The second-order valence-corrected chi connectivity index (χ2v) is 3.55. The molecule has 2 aliphatic heterocycles. The maximum Gasteiger partial charge on any atom is 0.131 e. The van der Waals surface area contributed by atoms with Gasteiger partial charge in [-0.1, -0.05) is 24.3 Å². The molecule has 14 heavy (non-hydrogen) atoms. The zero-order chi connectivity index (χ0) is 9.38. The molecule has 0 fully saturated rings. The standard InChI is InChI=1S/C12H11NO/c1-2-6-12-10(4-1)8-13-7-3-5-11(13)9-14-12/h1-4,6-7,9H,5,8H2. The second kappa shape index (κ2) is 2.91. The summed E-state index contributed by atoms with van der Waals surface area (Å²) < 4.78 is 5.62. The number of hydrogen-bond acceptors (Lipinski definition) is 2. The fraction of sp³-hybridized carbons (Fsp3) is 0.167. The molecule has 2 nitrogen and oxygen atoms in total. The minimum atomic E-state index is 0.915. The molecule has 2 heteroatoms. The van der Waals surface area contributed by atoms with Gasteiger partial charge in [-0.3, -0.25) is 0 Å². The Kier molecular flexibility index (Phi) is 1.60. The molecule has 0 bridgehead atoms. The lowest BCUT2D eigenvalue weighted by molar-refractivity contribution is 0.453. The van der Waals surface area contributed by atoms with Crippen molar-refractivity contribution in [3.63, 3.8) is 0 Å². The highest BCUT2D eigenvalue weighted by atomic mass is 16.5. The van der Waals surface area contributed by atoms with E-state index in [1.165, 1.54) is 11.3 Å². The van der Waals surface area contributed by atoms with Gasteiger partial charge >= 0.3 is 0 Å². The Morgan fingerprint density at radius 1 is 1.21 bits per heavy atom. The van der Waals surface area contributed by atoms with Gasteiger partial charge in [0.15, 0.2) is 0 Å². The first-order valence-electron chi connectivity index (χ1n) is 4.80. The molecule has 3 rings (SSSR count). The second-order valence-electron chi connectivity index (χ2n) is 3.55. The van der Waals surface area contributed by atoms with Crippen molar-refractivity contribution in [2.24, 2.45) is 0 Å². The van der Waals surface area contributed by atoms with E-state index in [0.29, 0.717) is 0 Å². The van der Waals surface area contributed by atoms with Gasteiger partial charge in [0.05, 0.1) is 12.2 Å². The summed E-state index contributed by atoms with van der Waals surface area (Å²) in [6.45, 7) is 0.915. The number of benzene rings is 1. The van der Waals surface area contributed by atoms with Crippen molar-refractivity contribution in [2.75, 3.05) is 0 Å². The summed E-state index contributed by atoms with van der Waals surface area (Å²) in [6, 6.07) is 8.17. The fourth-order valence-electron chi connectivity index (χ4n) is 1.85. The van der Waals surface area contributed by atoms with E-state index in [2.05, 4.69) is 23.2 Å². The van der Waals surface area contributed by atoms with Gasteiger partial charge < -0.3 is 9.64 Å². The summed E-state index contributed by atoms with van der Waals surface area (Å²) in [6.07, 6.45) is 7.11. The number of hydrogen-bond donors (Lipinski definition) is 0. The van der Waals surface area contributed by atoms with E-state index in [0.717, 1.165) is 18.7 Å². The number of para-hydroxylation sites is 1. The summed E-state index contributed by atoms with van der Waals surface area (Å²) in [5, 5.41) is 0. The average molecular weight is 185 g/mol. The van der Waals surface area contributed by atoms with Gasteiger partial charge in [-0.15, -0.1) is 0 Å². The fourth-order valence-corrected chi connectivity index (χ4v) is 1.85. The lowest BCUT2D eigenvalue weighted by Gasteiger charge is -2.15. The average Bonchev–Trinajstić information content (AvgIpc) is 2.58. The largest absolute Gasteiger partial charge is 0.463 e. The zero-order valence-electron chi connectivity index (χ0n) is 7.81. The summed E-state index contributed by atoms with van der Waals surface area (Å²) in [4.78, 5) is 2.23. The summed E-state index contributed by atoms with van der Waals surface area (Å²) in [5.41, 5.74) is 2.48.